The summed E-state index contributed by atoms with van der Waals surface area (Å²) in [6, 6.07) is 0. The Labute approximate surface area is 88.8 Å². The number of rotatable bonds is 2. The molecule has 0 aromatic carbocycles. The van der Waals surface area contributed by atoms with Gasteiger partial charge in [0.2, 0.25) is 0 Å². The van der Waals surface area contributed by atoms with E-state index in [0.29, 0.717) is 12.2 Å². The molecule has 0 spiro atoms. The van der Waals surface area contributed by atoms with Crippen LogP contribution in [0.5, 0.6) is 0 Å². The predicted octanol–water partition coefficient (Wildman–Crippen LogP) is 1.63. The first-order chi connectivity index (χ1) is 6.53. The van der Waals surface area contributed by atoms with E-state index in [1.54, 1.807) is 18.7 Å². The molecule has 14 heavy (non-hydrogen) atoms. The highest BCUT2D eigenvalue weighted by Crippen LogP contribution is 2.22. The Morgan fingerprint density at radius 3 is 3.00 bits per heavy atom. The lowest BCUT2D eigenvalue weighted by Gasteiger charge is -2.26. The van der Waals surface area contributed by atoms with Crippen molar-refractivity contribution in [2.45, 2.75) is 19.4 Å². The number of ether oxygens (including phenoxy) is 2. The van der Waals surface area contributed by atoms with Gasteiger partial charge in [-0.05, 0) is 13.8 Å². The highest BCUT2D eigenvalue weighted by Gasteiger charge is 2.31. The first-order valence-corrected chi connectivity index (χ1v) is 5.73. The Morgan fingerprint density at radius 1 is 1.64 bits per heavy atom. The van der Waals surface area contributed by atoms with Gasteiger partial charge in [0.05, 0.1) is 13.2 Å². The average Bonchev–Trinajstić information content (AvgIpc) is 2.30. The fourth-order valence-electron chi connectivity index (χ4n) is 1.11. The Kier molecular flexibility index (Phi) is 4.01. The predicted molar refractivity (Wildman–Crippen MR) is 57.5 cm³/mol. The van der Waals surface area contributed by atoms with E-state index in [-0.39, 0.29) is 5.97 Å². The van der Waals surface area contributed by atoms with Crippen LogP contribution in [0.1, 0.15) is 13.8 Å². The van der Waals surface area contributed by atoms with E-state index in [9.17, 15) is 4.79 Å². The minimum Gasteiger partial charge on any atom is -0.453 e. The number of hydrogen-bond acceptors (Lipinski definition) is 4. The molecule has 3 nitrogen and oxygen atoms in total. The van der Waals surface area contributed by atoms with Crippen LogP contribution in [0.15, 0.2) is 12.2 Å². The molecule has 1 unspecified atom stereocenters. The quantitative estimate of drug-likeness (QED) is 0.519. The third-order valence-corrected chi connectivity index (χ3v) is 3.14. The molecule has 1 saturated heterocycles. The molecule has 0 aliphatic carbocycles. The van der Waals surface area contributed by atoms with Gasteiger partial charge in [-0.25, -0.2) is 4.79 Å². The van der Waals surface area contributed by atoms with Crippen molar-refractivity contribution in [2.75, 3.05) is 24.7 Å². The lowest BCUT2D eigenvalue weighted by atomic mass is 10.1. The highest BCUT2D eigenvalue weighted by molar-refractivity contribution is 7.99. The molecule has 0 aromatic rings. The number of hydrogen-bond donors (Lipinski definition) is 0. The third-order valence-electron chi connectivity index (χ3n) is 1.87. The third kappa shape index (κ3) is 3.35. The maximum Gasteiger partial charge on any atom is 0.333 e. The van der Waals surface area contributed by atoms with Gasteiger partial charge in [-0.1, -0.05) is 6.58 Å². The second-order valence-corrected chi connectivity index (χ2v) is 4.83. The van der Waals surface area contributed by atoms with Crippen molar-refractivity contribution >= 4 is 17.7 Å². The molecule has 80 valence electrons. The zero-order chi connectivity index (χ0) is 10.6. The van der Waals surface area contributed by atoms with E-state index < -0.39 is 5.60 Å². The SMILES string of the molecule is C=C(C)C(=O)OC1(C)COCCSC1. The maximum absolute atomic E-state index is 11.3. The van der Waals surface area contributed by atoms with Crippen molar-refractivity contribution in [1.29, 1.82) is 0 Å². The Morgan fingerprint density at radius 2 is 2.36 bits per heavy atom. The van der Waals surface area contributed by atoms with Crippen LogP contribution in [-0.2, 0) is 14.3 Å². The van der Waals surface area contributed by atoms with Crippen LogP contribution >= 0.6 is 11.8 Å². The van der Waals surface area contributed by atoms with Crippen LogP contribution in [0, 0.1) is 0 Å². The van der Waals surface area contributed by atoms with Crippen LogP contribution in [0.4, 0.5) is 0 Å². The fraction of sp³-hybridized carbons (Fsp3) is 0.700. The molecule has 1 aliphatic heterocycles. The van der Waals surface area contributed by atoms with Gasteiger partial charge in [0.1, 0.15) is 5.60 Å². The normalized spacial score (nSPS) is 27.9. The monoisotopic (exact) mass is 216 g/mol. The highest BCUT2D eigenvalue weighted by atomic mass is 32.2. The van der Waals surface area contributed by atoms with Crippen molar-refractivity contribution in [3.05, 3.63) is 12.2 Å². The average molecular weight is 216 g/mol. The van der Waals surface area contributed by atoms with E-state index in [4.69, 9.17) is 9.47 Å². The Balaban J connectivity index is 2.54. The van der Waals surface area contributed by atoms with Crippen molar-refractivity contribution in [2.24, 2.45) is 0 Å². The summed E-state index contributed by atoms with van der Waals surface area (Å²) in [5.41, 5.74) is -0.0718. The van der Waals surface area contributed by atoms with Gasteiger partial charge in [0.15, 0.2) is 0 Å². The van der Waals surface area contributed by atoms with E-state index in [0.717, 1.165) is 18.1 Å². The van der Waals surface area contributed by atoms with Gasteiger partial charge >= 0.3 is 5.97 Å². The summed E-state index contributed by atoms with van der Waals surface area (Å²) in [4.78, 5) is 11.3. The number of thioether (sulfide) groups is 1. The second-order valence-electron chi connectivity index (χ2n) is 3.72. The van der Waals surface area contributed by atoms with Gasteiger partial charge < -0.3 is 9.47 Å². The largest absolute Gasteiger partial charge is 0.453 e. The van der Waals surface area contributed by atoms with Crippen LogP contribution < -0.4 is 0 Å². The summed E-state index contributed by atoms with van der Waals surface area (Å²) < 4.78 is 10.7. The molecule has 0 amide bonds. The van der Waals surface area contributed by atoms with Crippen LogP contribution in [0.3, 0.4) is 0 Å². The molecule has 0 aromatic heterocycles. The molecular formula is C10H16O3S. The number of esters is 1. The molecule has 0 radical (unpaired) electrons. The summed E-state index contributed by atoms with van der Waals surface area (Å²) in [6.07, 6.45) is 0. The van der Waals surface area contributed by atoms with Crippen LogP contribution in [-0.4, -0.2) is 36.3 Å². The zero-order valence-corrected chi connectivity index (χ0v) is 9.49. The summed E-state index contributed by atoms with van der Waals surface area (Å²) in [6.45, 7) is 8.30. The van der Waals surface area contributed by atoms with Crippen LogP contribution in [0.25, 0.3) is 0 Å². The van der Waals surface area contributed by atoms with Crippen molar-refractivity contribution < 1.29 is 14.3 Å². The van der Waals surface area contributed by atoms with E-state index in [1.807, 2.05) is 6.92 Å². The van der Waals surface area contributed by atoms with Crippen molar-refractivity contribution in [3.8, 4) is 0 Å². The first kappa shape index (κ1) is 11.6. The molecule has 4 heteroatoms. The molecule has 1 rings (SSSR count). The molecule has 1 atom stereocenters. The molecular weight excluding hydrogens is 200 g/mol. The van der Waals surface area contributed by atoms with Gasteiger partial charge in [-0.2, -0.15) is 11.8 Å². The van der Waals surface area contributed by atoms with E-state index in [2.05, 4.69) is 6.58 Å². The first-order valence-electron chi connectivity index (χ1n) is 4.58. The molecule has 0 bridgehead atoms. The maximum atomic E-state index is 11.3. The zero-order valence-electron chi connectivity index (χ0n) is 8.67. The van der Waals surface area contributed by atoms with E-state index >= 15 is 0 Å². The Hall–Kier alpha value is -0.480. The topological polar surface area (TPSA) is 35.5 Å². The molecule has 0 saturated carbocycles. The van der Waals surface area contributed by atoms with Crippen molar-refractivity contribution in [3.63, 3.8) is 0 Å². The van der Waals surface area contributed by atoms with Gasteiger partial charge in [0.25, 0.3) is 0 Å². The van der Waals surface area contributed by atoms with E-state index in [1.165, 1.54) is 0 Å². The summed E-state index contributed by atoms with van der Waals surface area (Å²) >= 11 is 1.74. The molecule has 1 heterocycles. The van der Waals surface area contributed by atoms with Crippen molar-refractivity contribution in [1.82, 2.24) is 0 Å². The molecule has 1 fully saturated rings. The molecule has 0 N–H and O–H groups in total. The fourth-order valence-corrected chi connectivity index (χ4v) is 2.06. The smallest absolute Gasteiger partial charge is 0.333 e. The van der Waals surface area contributed by atoms with Gasteiger partial charge in [0, 0.05) is 17.1 Å². The van der Waals surface area contributed by atoms with Crippen LogP contribution in [0.2, 0.25) is 0 Å². The van der Waals surface area contributed by atoms with Gasteiger partial charge in [-0.3, -0.25) is 0 Å². The Bertz CT molecular complexity index is 230. The summed E-state index contributed by atoms with van der Waals surface area (Å²) in [7, 11) is 0. The minimum atomic E-state index is -0.503. The standard InChI is InChI=1S/C10H16O3S/c1-8(2)9(11)13-10(3)6-12-4-5-14-7-10/h1,4-7H2,2-3H3. The lowest BCUT2D eigenvalue weighted by Crippen LogP contribution is -2.38. The summed E-state index contributed by atoms with van der Waals surface area (Å²) in [5.74, 6) is 1.41. The molecule has 1 aliphatic rings. The number of carbonyl (C=O) groups is 1. The lowest BCUT2D eigenvalue weighted by molar-refractivity contribution is -0.155. The summed E-state index contributed by atoms with van der Waals surface area (Å²) in [5, 5.41) is 0. The van der Waals surface area contributed by atoms with Gasteiger partial charge in [-0.15, -0.1) is 0 Å². The second kappa shape index (κ2) is 4.84. The minimum absolute atomic E-state index is 0.335. The number of carbonyl (C=O) groups excluding carboxylic acids is 1.